The molecule has 1 aromatic heterocycles. The molecule has 0 atom stereocenters. The van der Waals surface area contributed by atoms with Crippen LogP contribution in [0.5, 0.6) is 0 Å². The topological polar surface area (TPSA) is 49.3 Å². The van der Waals surface area contributed by atoms with E-state index in [0.29, 0.717) is 24.6 Å². The third-order valence-electron chi connectivity index (χ3n) is 3.08. The Hall–Kier alpha value is -1.22. The number of benzene rings is 1. The van der Waals surface area contributed by atoms with Crippen molar-refractivity contribution in [3.05, 3.63) is 51.2 Å². The number of nitrogens with zero attached hydrogens (tertiary/aromatic N) is 2. The predicted octanol–water partition coefficient (Wildman–Crippen LogP) is 3.77. The number of aryl methyl sites for hydroxylation is 2. The van der Waals surface area contributed by atoms with Gasteiger partial charge in [0.1, 0.15) is 10.8 Å². The first-order valence-electron chi connectivity index (χ1n) is 7.27. The Labute approximate surface area is 157 Å². The molecule has 2 rings (SSSR count). The Balaban J connectivity index is 0.00000264. The number of nitrogens with one attached hydrogen (secondary N) is 2. The summed E-state index contributed by atoms with van der Waals surface area (Å²) in [6, 6.07) is 5.21. The molecule has 1 heterocycles. The van der Waals surface area contributed by atoms with Crippen LogP contribution in [-0.2, 0) is 13.1 Å². The monoisotopic (exact) mass is 448 g/mol. The van der Waals surface area contributed by atoms with Gasteiger partial charge < -0.3 is 10.6 Å². The lowest BCUT2D eigenvalue weighted by atomic mass is 10.1. The van der Waals surface area contributed by atoms with Crippen LogP contribution >= 0.6 is 35.3 Å². The number of aromatic nitrogens is 1. The fourth-order valence-electron chi connectivity index (χ4n) is 1.89. The van der Waals surface area contributed by atoms with Crippen LogP contribution in [0.4, 0.5) is 4.39 Å². The van der Waals surface area contributed by atoms with Crippen LogP contribution in [0.1, 0.15) is 27.9 Å². The van der Waals surface area contributed by atoms with Crippen LogP contribution in [0.15, 0.2) is 29.4 Å². The maximum absolute atomic E-state index is 13.5. The standard InChI is InChI=1S/C16H21FN4S.HI/c1-4-18-16(21-10-15-19-8-12(3)22-15)20-9-13-6-5-11(2)14(17)7-13;/h5-8H,4,9-10H2,1-3H3,(H2,18,20,21);1H. The van der Waals surface area contributed by atoms with Gasteiger partial charge in [-0.15, -0.1) is 35.3 Å². The summed E-state index contributed by atoms with van der Waals surface area (Å²) in [5, 5.41) is 7.44. The minimum Gasteiger partial charge on any atom is -0.357 e. The van der Waals surface area contributed by atoms with Crippen LogP contribution in [0.3, 0.4) is 0 Å². The van der Waals surface area contributed by atoms with Crippen molar-refractivity contribution in [3.8, 4) is 0 Å². The van der Waals surface area contributed by atoms with Gasteiger partial charge in [-0.25, -0.2) is 14.4 Å². The molecule has 0 aliphatic carbocycles. The molecule has 2 aromatic rings. The number of hydrogen-bond donors (Lipinski definition) is 2. The Morgan fingerprint density at radius 3 is 2.70 bits per heavy atom. The van der Waals surface area contributed by atoms with Crippen LogP contribution in [-0.4, -0.2) is 17.5 Å². The largest absolute Gasteiger partial charge is 0.357 e. The first kappa shape index (κ1) is 19.8. The van der Waals surface area contributed by atoms with Crippen molar-refractivity contribution >= 4 is 41.3 Å². The lowest BCUT2D eigenvalue weighted by Gasteiger charge is -2.10. The second kappa shape index (κ2) is 9.82. The summed E-state index contributed by atoms with van der Waals surface area (Å²) in [6.45, 7) is 7.63. The summed E-state index contributed by atoms with van der Waals surface area (Å²) < 4.78 is 13.5. The average Bonchev–Trinajstić information content (AvgIpc) is 2.91. The molecule has 1 aromatic carbocycles. The Morgan fingerprint density at radius 2 is 2.09 bits per heavy atom. The lowest BCUT2D eigenvalue weighted by Crippen LogP contribution is -2.36. The SMILES string of the molecule is CCNC(=NCc1ccc(C)c(F)c1)NCc1ncc(C)s1.I. The first-order valence-corrected chi connectivity index (χ1v) is 8.08. The van der Waals surface area contributed by atoms with E-state index in [4.69, 9.17) is 0 Å². The average molecular weight is 448 g/mol. The van der Waals surface area contributed by atoms with Gasteiger partial charge in [-0.05, 0) is 38.0 Å². The van der Waals surface area contributed by atoms with E-state index in [2.05, 4.69) is 20.6 Å². The summed E-state index contributed by atoms with van der Waals surface area (Å²) in [5.41, 5.74) is 1.50. The molecule has 7 heteroatoms. The van der Waals surface area contributed by atoms with Crippen LogP contribution in [0, 0.1) is 19.7 Å². The Morgan fingerprint density at radius 1 is 1.30 bits per heavy atom. The number of halogens is 2. The van der Waals surface area contributed by atoms with Crippen LogP contribution in [0.2, 0.25) is 0 Å². The van der Waals surface area contributed by atoms with E-state index >= 15 is 0 Å². The zero-order chi connectivity index (χ0) is 15.9. The molecular weight excluding hydrogens is 426 g/mol. The third-order valence-corrected chi connectivity index (χ3v) is 3.99. The number of rotatable bonds is 5. The summed E-state index contributed by atoms with van der Waals surface area (Å²) >= 11 is 1.66. The van der Waals surface area contributed by atoms with E-state index in [1.807, 2.05) is 26.1 Å². The molecule has 0 aliphatic heterocycles. The summed E-state index contributed by atoms with van der Waals surface area (Å²) in [4.78, 5) is 9.98. The number of aliphatic imine (C=N–C) groups is 1. The maximum atomic E-state index is 13.5. The van der Waals surface area contributed by atoms with Crippen LogP contribution in [0.25, 0.3) is 0 Å². The van der Waals surface area contributed by atoms with Crippen molar-refractivity contribution in [2.45, 2.75) is 33.9 Å². The van der Waals surface area contributed by atoms with Gasteiger partial charge in [-0.3, -0.25) is 0 Å². The van der Waals surface area contributed by atoms with E-state index < -0.39 is 0 Å². The zero-order valence-electron chi connectivity index (χ0n) is 13.5. The molecule has 126 valence electrons. The van der Waals surface area contributed by atoms with Crippen LogP contribution < -0.4 is 10.6 Å². The van der Waals surface area contributed by atoms with E-state index in [-0.39, 0.29) is 29.8 Å². The summed E-state index contributed by atoms with van der Waals surface area (Å²) in [6.07, 6.45) is 1.86. The van der Waals surface area contributed by atoms with Crippen molar-refractivity contribution < 1.29 is 4.39 Å². The highest BCUT2D eigenvalue weighted by atomic mass is 127. The van der Waals surface area contributed by atoms with E-state index in [1.165, 1.54) is 10.9 Å². The maximum Gasteiger partial charge on any atom is 0.191 e. The molecule has 23 heavy (non-hydrogen) atoms. The molecule has 0 fully saturated rings. The van der Waals surface area contributed by atoms with Gasteiger partial charge in [0, 0.05) is 17.6 Å². The highest BCUT2D eigenvalue weighted by molar-refractivity contribution is 14.0. The fraction of sp³-hybridized carbons (Fsp3) is 0.375. The van der Waals surface area contributed by atoms with Gasteiger partial charge in [0.15, 0.2) is 5.96 Å². The first-order chi connectivity index (χ1) is 10.6. The van der Waals surface area contributed by atoms with Crippen molar-refractivity contribution in [1.29, 1.82) is 0 Å². The molecular formula is C16H22FIN4S. The van der Waals surface area contributed by atoms with E-state index in [0.717, 1.165) is 17.1 Å². The van der Waals surface area contributed by atoms with Crippen molar-refractivity contribution in [3.63, 3.8) is 0 Å². The molecule has 0 saturated heterocycles. The van der Waals surface area contributed by atoms with Gasteiger partial charge >= 0.3 is 0 Å². The minimum atomic E-state index is -0.191. The number of thiazole rings is 1. The zero-order valence-corrected chi connectivity index (χ0v) is 16.7. The second-order valence-electron chi connectivity index (χ2n) is 5.00. The molecule has 0 radical (unpaired) electrons. The smallest absolute Gasteiger partial charge is 0.191 e. The van der Waals surface area contributed by atoms with Gasteiger partial charge in [0.25, 0.3) is 0 Å². The highest BCUT2D eigenvalue weighted by Crippen LogP contribution is 2.11. The molecule has 0 spiro atoms. The van der Waals surface area contributed by atoms with Crippen molar-refractivity contribution in [1.82, 2.24) is 15.6 Å². The van der Waals surface area contributed by atoms with Crippen molar-refractivity contribution in [2.75, 3.05) is 6.54 Å². The second-order valence-corrected chi connectivity index (χ2v) is 6.32. The van der Waals surface area contributed by atoms with Crippen molar-refractivity contribution in [2.24, 2.45) is 4.99 Å². The predicted molar refractivity (Wildman–Crippen MR) is 105 cm³/mol. The van der Waals surface area contributed by atoms with Gasteiger partial charge in [-0.2, -0.15) is 0 Å². The van der Waals surface area contributed by atoms with E-state index in [1.54, 1.807) is 24.3 Å². The highest BCUT2D eigenvalue weighted by Gasteiger charge is 2.03. The number of hydrogen-bond acceptors (Lipinski definition) is 3. The van der Waals surface area contributed by atoms with Gasteiger partial charge in [0.05, 0.1) is 13.1 Å². The van der Waals surface area contributed by atoms with E-state index in [9.17, 15) is 4.39 Å². The fourth-order valence-corrected chi connectivity index (χ4v) is 2.62. The molecule has 0 amide bonds. The number of guanidine groups is 1. The normalized spacial score (nSPS) is 11.0. The quantitative estimate of drug-likeness (QED) is 0.416. The molecule has 0 aliphatic rings. The Kier molecular flexibility index (Phi) is 8.46. The molecule has 0 bridgehead atoms. The molecule has 0 unspecified atom stereocenters. The lowest BCUT2D eigenvalue weighted by molar-refractivity contribution is 0.616. The molecule has 0 saturated carbocycles. The summed E-state index contributed by atoms with van der Waals surface area (Å²) in [5.74, 6) is 0.514. The third kappa shape index (κ3) is 6.42. The van der Waals surface area contributed by atoms with Gasteiger partial charge in [0.2, 0.25) is 0 Å². The minimum absolute atomic E-state index is 0. The summed E-state index contributed by atoms with van der Waals surface area (Å²) in [7, 11) is 0. The Bertz CT molecular complexity index is 657. The molecule has 4 nitrogen and oxygen atoms in total. The molecule has 2 N–H and O–H groups in total. The van der Waals surface area contributed by atoms with Gasteiger partial charge in [-0.1, -0.05) is 12.1 Å².